The van der Waals surface area contributed by atoms with Crippen molar-refractivity contribution in [3.05, 3.63) is 35.4 Å². The summed E-state index contributed by atoms with van der Waals surface area (Å²) in [5.74, 6) is 0.535. The molecule has 2 N–H and O–H groups in total. The van der Waals surface area contributed by atoms with Gasteiger partial charge < -0.3 is 10.6 Å². The van der Waals surface area contributed by atoms with Gasteiger partial charge in [-0.15, -0.1) is 0 Å². The molecule has 1 saturated heterocycles. The highest BCUT2D eigenvalue weighted by atomic mass is 16.2. The second-order valence-electron chi connectivity index (χ2n) is 6.34. The van der Waals surface area contributed by atoms with Gasteiger partial charge in [-0.2, -0.15) is 0 Å². The van der Waals surface area contributed by atoms with Gasteiger partial charge in [0.25, 0.3) is 0 Å². The van der Waals surface area contributed by atoms with Gasteiger partial charge in [0.1, 0.15) is 0 Å². The van der Waals surface area contributed by atoms with Crippen LogP contribution < -0.4 is 10.6 Å². The highest BCUT2D eigenvalue weighted by Gasteiger charge is 2.44. The van der Waals surface area contributed by atoms with E-state index in [1.165, 1.54) is 5.56 Å². The van der Waals surface area contributed by atoms with E-state index in [9.17, 15) is 4.79 Å². The molecule has 0 bridgehead atoms. The average Bonchev–Trinajstić information content (AvgIpc) is 2.90. The zero-order valence-electron chi connectivity index (χ0n) is 13.0. The van der Waals surface area contributed by atoms with Crippen molar-refractivity contribution in [1.82, 2.24) is 10.6 Å². The first-order chi connectivity index (χ1) is 9.45. The van der Waals surface area contributed by atoms with Crippen molar-refractivity contribution in [2.45, 2.75) is 40.2 Å². The third kappa shape index (κ3) is 2.88. The van der Waals surface area contributed by atoms with Crippen LogP contribution in [0.5, 0.6) is 0 Å². The van der Waals surface area contributed by atoms with E-state index in [1.807, 2.05) is 0 Å². The summed E-state index contributed by atoms with van der Waals surface area (Å²) in [5.41, 5.74) is 2.15. The SMILES string of the molecule is Cc1ccc([C@H](C)NC(=O)C2(C(C)C)CCNC2)cc1. The average molecular weight is 274 g/mol. The minimum absolute atomic E-state index is 0.0549. The van der Waals surface area contributed by atoms with Gasteiger partial charge >= 0.3 is 0 Å². The Morgan fingerprint density at radius 2 is 1.90 bits per heavy atom. The summed E-state index contributed by atoms with van der Waals surface area (Å²) >= 11 is 0. The number of carbonyl (C=O) groups is 1. The predicted molar refractivity (Wildman–Crippen MR) is 82.5 cm³/mol. The van der Waals surface area contributed by atoms with Gasteiger partial charge in [-0.25, -0.2) is 0 Å². The number of rotatable bonds is 4. The fraction of sp³-hybridized carbons (Fsp3) is 0.588. The third-order valence-corrected chi connectivity index (χ3v) is 4.67. The zero-order valence-corrected chi connectivity index (χ0v) is 13.0. The topological polar surface area (TPSA) is 41.1 Å². The molecule has 1 aromatic rings. The molecule has 1 aromatic carbocycles. The molecule has 1 aliphatic heterocycles. The van der Waals surface area contributed by atoms with Crippen LogP contribution in [0.4, 0.5) is 0 Å². The minimum atomic E-state index is -0.251. The van der Waals surface area contributed by atoms with Crippen LogP contribution in [-0.2, 0) is 4.79 Å². The van der Waals surface area contributed by atoms with Crippen LogP contribution in [-0.4, -0.2) is 19.0 Å². The van der Waals surface area contributed by atoms with Crippen LogP contribution >= 0.6 is 0 Å². The molecule has 1 heterocycles. The van der Waals surface area contributed by atoms with Crippen LogP contribution in [0.3, 0.4) is 0 Å². The fourth-order valence-electron chi connectivity index (χ4n) is 2.94. The van der Waals surface area contributed by atoms with Gasteiger partial charge in [-0.1, -0.05) is 43.7 Å². The third-order valence-electron chi connectivity index (χ3n) is 4.67. The summed E-state index contributed by atoms with van der Waals surface area (Å²) in [6, 6.07) is 8.42. The molecule has 110 valence electrons. The summed E-state index contributed by atoms with van der Waals surface area (Å²) in [6.45, 7) is 10.1. The van der Waals surface area contributed by atoms with E-state index < -0.39 is 0 Å². The summed E-state index contributed by atoms with van der Waals surface area (Å²) < 4.78 is 0. The summed E-state index contributed by atoms with van der Waals surface area (Å²) in [5, 5.41) is 6.54. The smallest absolute Gasteiger partial charge is 0.228 e. The van der Waals surface area contributed by atoms with Crippen molar-refractivity contribution in [3.63, 3.8) is 0 Å². The van der Waals surface area contributed by atoms with Crippen molar-refractivity contribution in [2.75, 3.05) is 13.1 Å². The van der Waals surface area contributed by atoms with E-state index in [-0.39, 0.29) is 17.4 Å². The van der Waals surface area contributed by atoms with Gasteiger partial charge in [0.05, 0.1) is 11.5 Å². The van der Waals surface area contributed by atoms with Gasteiger partial charge in [0.15, 0.2) is 0 Å². The second-order valence-corrected chi connectivity index (χ2v) is 6.34. The number of benzene rings is 1. The Bertz CT molecular complexity index is 458. The van der Waals surface area contributed by atoms with Crippen LogP contribution in [0, 0.1) is 18.3 Å². The standard InChI is InChI=1S/C17H26N2O/c1-12(2)17(9-10-18-11-17)16(20)19-14(4)15-7-5-13(3)6-8-15/h5-8,12,14,18H,9-11H2,1-4H3,(H,19,20)/t14-,17?/m0/s1. The highest BCUT2D eigenvalue weighted by Crippen LogP contribution is 2.35. The quantitative estimate of drug-likeness (QED) is 0.886. The normalized spacial score (nSPS) is 23.9. The number of amides is 1. The van der Waals surface area contributed by atoms with E-state index >= 15 is 0 Å². The largest absolute Gasteiger partial charge is 0.349 e. The van der Waals surface area contributed by atoms with Crippen molar-refractivity contribution in [2.24, 2.45) is 11.3 Å². The van der Waals surface area contributed by atoms with Crippen molar-refractivity contribution in [1.29, 1.82) is 0 Å². The fourth-order valence-corrected chi connectivity index (χ4v) is 2.94. The Hall–Kier alpha value is -1.35. The van der Waals surface area contributed by atoms with Crippen LogP contribution in [0.1, 0.15) is 44.4 Å². The molecule has 3 nitrogen and oxygen atoms in total. The molecule has 0 radical (unpaired) electrons. The Morgan fingerprint density at radius 1 is 1.25 bits per heavy atom. The molecule has 1 fully saturated rings. The van der Waals surface area contributed by atoms with E-state index in [1.54, 1.807) is 0 Å². The number of hydrogen-bond donors (Lipinski definition) is 2. The molecule has 0 aliphatic carbocycles. The molecular formula is C17H26N2O. The Balaban J connectivity index is 2.08. The van der Waals surface area contributed by atoms with Gasteiger partial charge in [0, 0.05) is 6.54 Å². The first kappa shape index (κ1) is 15.0. The van der Waals surface area contributed by atoms with Crippen LogP contribution in [0.25, 0.3) is 0 Å². The monoisotopic (exact) mass is 274 g/mol. The maximum atomic E-state index is 12.7. The van der Waals surface area contributed by atoms with E-state index in [0.717, 1.165) is 25.1 Å². The van der Waals surface area contributed by atoms with Gasteiger partial charge in [0.2, 0.25) is 5.91 Å². The maximum absolute atomic E-state index is 12.7. The number of aryl methyl sites for hydroxylation is 1. The van der Waals surface area contributed by atoms with Crippen LogP contribution in [0.15, 0.2) is 24.3 Å². The Kier molecular flexibility index (Phi) is 4.48. The lowest BCUT2D eigenvalue weighted by Crippen LogP contribution is -2.46. The van der Waals surface area contributed by atoms with Crippen molar-refractivity contribution in [3.8, 4) is 0 Å². The van der Waals surface area contributed by atoms with Gasteiger partial charge in [-0.3, -0.25) is 4.79 Å². The molecule has 1 unspecified atom stereocenters. The molecule has 2 rings (SSSR count). The molecule has 0 saturated carbocycles. The molecular weight excluding hydrogens is 248 g/mol. The van der Waals surface area contributed by atoms with Crippen LogP contribution in [0.2, 0.25) is 0 Å². The lowest BCUT2D eigenvalue weighted by atomic mass is 9.75. The predicted octanol–water partition coefficient (Wildman–Crippen LogP) is 2.81. The lowest BCUT2D eigenvalue weighted by Gasteiger charge is -2.32. The molecule has 3 heteroatoms. The lowest BCUT2D eigenvalue weighted by molar-refractivity contribution is -0.133. The second kappa shape index (κ2) is 5.96. The zero-order chi connectivity index (χ0) is 14.8. The van der Waals surface area contributed by atoms with Crippen molar-refractivity contribution >= 4 is 5.91 Å². The first-order valence-electron chi connectivity index (χ1n) is 7.54. The first-order valence-corrected chi connectivity index (χ1v) is 7.54. The molecule has 1 aliphatic rings. The molecule has 20 heavy (non-hydrogen) atoms. The van der Waals surface area contributed by atoms with E-state index in [2.05, 4.69) is 62.6 Å². The number of nitrogens with one attached hydrogen (secondary N) is 2. The number of hydrogen-bond acceptors (Lipinski definition) is 2. The Labute approximate surface area is 122 Å². The highest BCUT2D eigenvalue weighted by molar-refractivity contribution is 5.84. The minimum Gasteiger partial charge on any atom is -0.349 e. The summed E-state index contributed by atoms with van der Waals surface area (Å²) in [7, 11) is 0. The number of carbonyl (C=O) groups excluding carboxylic acids is 1. The molecule has 1 amide bonds. The summed E-state index contributed by atoms with van der Waals surface area (Å²) in [6.07, 6.45) is 0.928. The van der Waals surface area contributed by atoms with Gasteiger partial charge in [-0.05, 0) is 38.3 Å². The Morgan fingerprint density at radius 3 is 2.40 bits per heavy atom. The van der Waals surface area contributed by atoms with Crippen molar-refractivity contribution < 1.29 is 4.79 Å². The summed E-state index contributed by atoms with van der Waals surface area (Å²) in [4.78, 5) is 12.7. The maximum Gasteiger partial charge on any atom is 0.228 e. The molecule has 0 spiro atoms. The van der Waals surface area contributed by atoms with E-state index in [0.29, 0.717) is 5.92 Å². The van der Waals surface area contributed by atoms with E-state index in [4.69, 9.17) is 0 Å². The molecule has 2 atom stereocenters. The molecule has 0 aromatic heterocycles.